The number of dihydropyridines is 1. The number of fused-ring (bicyclic) bond motifs is 1. The number of aromatic hydroxyl groups is 2. The molecule has 130 valence electrons. The zero-order chi connectivity index (χ0) is 17.9. The van der Waals surface area contributed by atoms with Crippen molar-refractivity contribution in [1.29, 1.82) is 0 Å². The van der Waals surface area contributed by atoms with Crippen LogP contribution in [0.1, 0.15) is 17.2 Å². The van der Waals surface area contributed by atoms with Crippen LogP contribution in [-0.2, 0) is 0 Å². The molecule has 0 radical (unpaired) electrons. The van der Waals surface area contributed by atoms with Crippen molar-refractivity contribution in [1.82, 2.24) is 15.6 Å². The number of allylic oxidation sites excluding steroid dienone is 2. The van der Waals surface area contributed by atoms with Crippen LogP contribution in [0.3, 0.4) is 0 Å². The molecule has 0 aliphatic carbocycles. The first-order chi connectivity index (χ1) is 12.7. The summed E-state index contributed by atoms with van der Waals surface area (Å²) in [5.74, 6) is 1.09. The average Bonchev–Trinajstić information content (AvgIpc) is 2.68. The van der Waals surface area contributed by atoms with Crippen molar-refractivity contribution >= 4 is 10.9 Å². The molecule has 2 aromatic carbocycles. The predicted molar refractivity (Wildman–Crippen MR) is 102 cm³/mol. The van der Waals surface area contributed by atoms with Gasteiger partial charge in [0.1, 0.15) is 17.0 Å². The molecule has 0 saturated heterocycles. The SMILES string of the molecule is Oc1ccccc1C(NC1=CC=CCN1)c1ccc2cccnc2c1O. The fourth-order valence-corrected chi connectivity index (χ4v) is 3.15. The summed E-state index contributed by atoms with van der Waals surface area (Å²) in [6, 6.07) is 14.2. The first-order valence-electron chi connectivity index (χ1n) is 8.46. The van der Waals surface area contributed by atoms with Gasteiger partial charge in [-0.25, -0.2) is 0 Å². The molecule has 5 heteroatoms. The molecule has 2 heterocycles. The van der Waals surface area contributed by atoms with Crippen molar-refractivity contribution in [3.8, 4) is 11.5 Å². The Kier molecular flexibility index (Phi) is 4.19. The summed E-state index contributed by atoms with van der Waals surface area (Å²) in [5, 5.41) is 28.7. The monoisotopic (exact) mass is 345 g/mol. The van der Waals surface area contributed by atoms with Crippen molar-refractivity contribution in [2.75, 3.05) is 6.54 Å². The van der Waals surface area contributed by atoms with Crippen LogP contribution in [0.15, 0.2) is 78.8 Å². The van der Waals surface area contributed by atoms with Gasteiger partial charge in [-0.1, -0.05) is 48.6 Å². The minimum atomic E-state index is -0.437. The average molecular weight is 345 g/mol. The van der Waals surface area contributed by atoms with Crippen LogP contribution in [0.4, 0.5) is 0 Å². The fraction of sp³-hybridized carbons (Fsp3) is 0.0952. The van der Waals surface area contributed by atoms with E-state index in [0.29, 0.717) is 16.6 Å². The molecule has 26 heavy (non-hydrogen) atoms. The topological polar surface area (TPSA) is 77.4 Å². The van der Waals surface area contributed by atoms with E-state index in [1.165, 1.54) is 0 Å². The Morgan fingerprint density at radius 3 is 2.69 bits per heavy atom. The van der Waals surface area contributed by atoms with E-state index in [4.69, 9.17) is 0 Å². The van der Waals surface area contributed by atoms with Crippen molar-refractivity contribution in [2.45, 2.75) is 6.04 Å². The summed E-state index contributed by atoms with van der Waals surface area (Å²) < 4.78 is 0. The number of rotatable bonds is 4. The Morgan fingerprint density at radius 2 is 1.88 bits per heavy atom. The van der Waals surface area contributed by atoms with Crippen LogP contribution in [0, 0.1) is 0 Å². The predicted octanol–water partition coefficient (Wildman–Crippen LogP) is 3.33. The molecule has 1 aliphatic rings. The molecular formula is C21H19N3O2. The van der Waals surface area contributed by atoms with Gasteiger partial charge in [0, 0.05) is 29.3 Å². The van der Waals surface area contributed by atoms with Crippen molar-refractivity contribution < 1.29 is 10.2 Å². The van der Waals surface area contributed by atoms with Gasteiger partial charge in [-0.2, -0.15) is 0 Å². The number of hydrogen-bond donors (Lipinski definition) is 4. The number of nitrogens with one attached hydrogen (secondary N) is 2. The highest BCUT2D eigenvalue weighted by molar-refractivity contribution is 5.85. The fourth-order valence-electron chi connectivity index (χ4n) is 3.15. The Labute approximate surface area is 151 Å². The van der Waals surface area contributed by atoms with Gasteiger partial charge in [0.2, 0.25) is 0 Å². The van der Waals surface area contributed by atoms with Gasteiger partial charge in [-0.3, -0.25) is 4.98 Å². The molecule has 4 rings (SSSR count). The summed E-state index contributed by atoms with van der Waals surface area (Å²) in [7, 11) is 0. The zero-order valence-corrected chi connectivity index (χ0v) is 14.1. The molecule has 3 aromatic rings. The Bertz CT molecular complexity index is 1010. The normalized spacial score (nSPS) is 14.5. The lowest BCUT2D eigenvalue weighted by Crippen LogP contribution is -2.31. The minimum absolute atomic E-state index is 0.107. The highest BCUT2D eigenvalue weighted by atomic mass is 16.3. The summed E-state index contributed by atoms with van der Waals surface area (Å²) in [6.45, 7) is 0.720. The molecule has 0 fully saturated rings. The molecule has 1 unspecified atom stereocenters. The largest absolute Gasteiger partial charge is 0.508 e. The number of nitrogens with zero attached hydrogens (tertiary/aromatic N) is 1. The molecule has 0 amide bonds. The maximum atomic E-state index is 10.9. The molecule has 1 atom stereocenters. The smallest absolute Gasteiger partial charge is 0.147 e. The van der Waals surface area contributed by atoms with Crippen LogP contribution >= 0.6 is 0 Å². The maximum Gasteiger partial charge on any atom is 0.147 e. The van der Waals surface area contributed by atoms with Gasteiger partial charge in [-0.15, -0.1) is 0 Å². The molecule has 0 spiro atoms. The minimum Gasteiger partial charge on any atom is -0.508 e. The van der Waals surface area contributed by atoms with E-state index in [0.717, 1.165) is 17.8 Å². The van der Waals surface area contributed by atoms with E-state index in [1.807, 2.05) is 54.6 Å². The first-order valence-corrected chi connectivity index (χ1v) is 8.46. The zero-order valence-electron chi connectivity index (χ0n) is 14.1. The number of phenolic OH excluding ortho intramolecular Hbond substituents is 2. The second-order valence-electron chi connectivity index (χ2n) is 6.10. The lowest BCUT2D eigenvalue weighted by Gasteiger charge is -2.25. The highest BCUT2D eigenvalue weighted by Crippen LogP contribution is 2.37. The molecule has 1 aliphatic heterocycles. The van der Waals surface area contributed by atoms with Crippen molar-refractivity contribution in [3.63, 3.8) is 0 Å². The van der Waals surface area contributed by atoms with Gasteiger partial charge in [0.05, 0.1) is 11.9 Å². The van der Waals surface area contributed by atoms with E-state index in [2.05, 4.69) is 15.6 Å². The molecule has 0 saturated carbocycles. The highest BCUT2D eigenvalue weighted by Gasteiger charge is 2.23. The third kappa shape index (κ3) is 2.95. The maximum absolute atomic E-state index is 10.9. The van der Waals surface area contributed by atoms with E-state index < -0.39 is 6.04 Å². The summed E-state index contributed by atoms with van der Waals surface area (Å²) in [6.07, 6.45) is 7.55. The Morgan fingerprint density at radius 1 is 1.00 bits per heavy atom. The number of aromatic nitrogens is 1. The van der Waals surface area contributed by atoms with E-state index >= 15 is 0 Å². The molecular weight excluding hydrogens is 326 g/mol. The Balaban J connectivity index is 1.85. The number of phenols is 2. The Hall–Kier alpha value is -3.47. The van der Waals surface area contributed by atoms with Crippen LogP contribution in [0.5, 0.6) is 11.5 Å². The van der Waals surface area contributed by atoms with Gasteiger partial charge in [0.25, 0.3) is 0 Å². The first kappa shape index (κ1) is 16.0. The number of benzene rings is 2. The van der Waals surface area contributed by atoms with Crippen molar-refractivity contribution in [2.24, 2.45) is 0 Å². The van der Waals surface area contributed by atoms with Crippen LogP contribution in [0.2, 0.25) is 0 Å². The van der Waals surface area contributed by atoms with Crippen LogP contribution in [-0.4, -0.2) is 21.7 Å². The van der Waals surface area contributed by atoms with Crippen LogP contribution < -0.4 is 10.6 Å². The molecule has 5 nitrogen and oxygen atoms in total. The molecule has 0 bridgehead atoms. The number of pyridine rings is 1. The number of para-hydroxylation sites is 1. The summed E-state index contributed by atoms with van der Waals surface area (Å²) in [5.41, 5.74) is 1.86. The third-order valence-electron chi connectivity index (χ3n) is 4.45. The van der Waals surface area contributed by atoms with E-state index in [9.17, 15) is 10.2 Å². The summed E-state index contributed by atoms with van der Waals surface area (Å²) in [4.78, 5) is 4.31. The lowest BCUT2D eigenvalue weighted by molar-refractivity contribution is 0.448. The molecule has 1 aromatic heterocycles. The lowest BCUT2D eigenvalue weighted by atomic mass is 9.95. The summed E-state index contributed by atoms with van der Waals surface area (Å²) >= 11 is 0. The van der Waals surface area contributed by atoms with Crippen LogP contribution in [0.25, 0.3) is 10.9 Å². The van der Waals surface area contributed by atoms with E-state index in [-0.39, 0.29) is 11.5 Å². The second-order valence-corrected chi connectivity index (χ2v) is 6.10. The quantitative estimate of drug-likeness (QED) is 0.583. The van der Waals surface area contributed by atoms with Gasteiger partial charge in [-0.05, 0) is 18.2 Å². The molecule has 4 N–H and O–H groups in total. The van der Waals surface area contributed by atoms with Gasteiger partial charge in [0.15, 0.2) is 0 Å². The second kappa shape index (κ2) is 6.80. The van der Waals surface area contributed by atoms with Gasteiger partial charge < -0.3 is 20.8 Å². The standard InChI is InChI=1S/C21H19N3O2/c25-17-8-2-1-7-15(17)20(24-18-9-3-4-12-22-18)16-11-10-14-6-5-13-23-19(14)21(16)26/h1-11,13,20,22,24-26H,12H2. The number of hydrogen-bond acceptors (Lipinski definition) is 5. The van der Waals surface area contributed by atoms with E-state index in [1.54, 1.807) is 18.3 Å². The van der Waals surface area contributed by atoms with Crippen molar-refractivity contribution in [3.05, 3.63) is 89.9 Å². The third-order valence-corrected chi connectivity index (χ3v) is 4.45. The van der Waals surface area contributed by atoms with Gasteiger partial charge >= 0.3 is 0 Å².